The van der Waals surface area contributed by atoms with Crippen molar-refractivity contribution in [2.75, 3.05) is 9.80 Å². The van der Waals surface area contributed by atoms with Crippen LogP contribution in [0.3, 0.4) is 0 Å². The highest BCUT2D eigenvalue weighted by Gasteiger charge is 2.46. The first-order chi connectivity index (χ1) is 53.5. The van der Waals surface area contributed by atoms with E-state index < -0.39 is 121 Å². The molecule has 0 fully saturated rings. The van der Waals surface area contributed by atoms with Crippen LogP contribution in [0.2, 0.25) is 0 Å². The monoisotopic (exact) mass is 1240 g/mol. The lowest BCUT2D eigenvalue weighted by Crippen LogP contribution is -2.61. The largest absolute Gasteiger partial charge is 0.452 e. The molecule has 2 aromatic heterocycles. The van der Waals surface area contributed by atoms with Crippen molar-refractivity contribution in [2.24, 2.45) is 0 Å². The molecule has 0 atom stereocenters. The predicted octanol–water partition coefficient (Wildman–Crippen LogP) is 23.0. The second-order valence-electron chi connectivity index (χ2n) is 28.0. The summed E-state index contributed by atoms with van der Waals surface area (Å²) in [5.41, 5.74) is 13.4. The molecule has 0 saturated heterocycles. The fraction of sp³-hybridized carbons (Fsp3) is 0.133. The molecule has 17 rings (SSSR count). The third kappa shape index (κ3) is 9.57. The Kier molecular flexibility index (Phi) is 9.59. The predicted molar refractivity (Wildman–Crippen MR) is 405 cm³/mol. The summed E-state index contributed by atoms with van der Waals surface area (Å²) in [6.45, 7) is 18.8. The van der Waals surface area contributed by atoms with E-state index in [2.05, 4.69) is 121 Å². The van der Waals surface area contributed by atoms with Gasteiger partial charge in [0.2, 0.25) is 0 Å². The van der Waals surface area contributed by atoms with Crippen LogP contribution >= 0.6 is 0 Å². The van der Waals surface area contributed by atoms with Crippen LogP contribution in [0, 0.1) is 0 Å². The van der Waals surface area contributed by atoms with E-state index in [0.29, 0.717) is 61.5 Å². The molecule has 0 saturated carbocycles. The molecule has 2 aliphatic rings. The van der Waals surface area contributed by atoms with Gasteiger partial charge in [-0.05, 0) is 154 Å². The Hall–Kier alpha value is -10.9. The molecule has 13 aromatic carbocycles. The van der Waals surface area contributed by atoms with Crippen LogP contribution < -0.4 is 26.2 Å². The quantitative estimate of drug-likeness (QED) is 0.142. The van der Waals surface area contributed by atoms with E-state index in [1.807, 2.05) is 115 Å². The minimum atomic E-state index is -0.758. The van der Waals surface area contributed by atoms with Gasteiger partial charge in [-0.1, -0.05) is 286 Å². The van der Waals surface area contributed by atoms with Crippen molar-refractivity contribution in [3.63, 3.8) is 0 Å². The van der Waals surface area contributed by atoms with Gasteiger partial charge in [-0.2, -0.15) is 0 Å². The van der Waals surface area contributed by atoms with E-state index in [9.17, 15) is 13.7 Å². The van der Waals surface area contributed by atoms with Crippen molar-refractivity contribution in [1.29, 1.82) is 0 Å². The van der Waals surface area contributed by atoms with Gasteiger partial charge >= 0.3 is 0 Å². The second-order valence-corrected chi connectivity index (χ2v) is 28.0. The maximum atomic E-state index is 9.95. The Morgan fingerprint density at radius 1 is 0.316 bits per heavy atom. The van der Waals surface area contributed by atoms with Crippen LogP contribution in [0.4, 0.5) is 34.1 Å². The van der Waals surface area contributed by atoms with Crippen molar-refractivity contribution in [1.82, 2.24) is 4.57 Å². The lowest BCUT2D eigenvalue weighted by atomic mass is 9.33. The second kappa shape index (κ2) is 21.9. The van der Waals surface area contributed by atoms with Crippen LogP contribution in [0.25, 0.3) is 105 Å². The van der Waals surface area contributed by atoms with E-state index >= 15 is 0 Å². The van der Waals surface area contributed by atoms with Crippen LogP contribution in [-0.2, 0) is 16.2 Å². The summed E-state index contributed by atoms with van der Waals surface area (Å²) < 4.78 is 176. The molecule has 0 unspecified atom stereocenters. The minimum absolute atomic E-state index is 0.0335. The maximum absolute atomic E-state index is 9.95. The van der Waals surface area contributed by atoms with E-state index in [1.54, 1.807) is 12.1 Å². The molecule has 458 valence electrons. The van der Waals surface area contributed by atoms with E-state index in [1.165, 1.54) is 4.57 Å². The van der Waals surface area contributed by atoms with Gasteiger partial charge in [0.15, 0.2) is 11.2 Å². The summed E-state index contributed by atoms with van der Waals surface area (Å²) in [6, 6.07) is 48.6. The highest BCUT2D eigenvalue weighted by Crippen LogP contribution is 2.54. The number of para-hydroxylation sites is 4. The van der Waals surface area contributed by atoms with E-state index in [4.69, 9.17) is 15.4 Å². The Bertz CT molecular complexity index is 6460. The molecule has 15 aromatic rings. The van der Waals surface area contributed by atoms with Gasteiger partial charge in [0, 0.05) is 55.4 Å². The SMILES string of the molecule is [2H]c1c([2H])c([2H])c(-c2ccc3c(c2)N(c2c(-c4ccccc4)cc(C(C)(C)C)cc2-c2ccccc2)c2cc(-c4c([2H])c([2H])c([2H])c([2H])c4[2H])cc4c2B3c2ccc(-c3cc(C(C)(C)C)cc(C(C)(C)C)c3)cc2N4c2cccc3c2oc2c(-n4c5c([2H])c([2H])c([2H])c([2H])c5c5c([2H])c([2H])c([2H])c([2H])c54)cccc23)c([2H])c1[2H]. The van der Waals surface area contributed by atoms with Crippen molar-refractivity contribution in [3.8, 4) is 61.3 Å². The first-order valence-corrected chi connectivity index (χ1v) is 32.1. The van der Waals surface area contributed by atoms with Gasteiger partial charge < -0.3 is 18.8 Å². The molecule has 2 aliphatic heterocycles. The van der Waals surface area contributed by atoms with Gasteiger partial charge in [0.1, 0.15) is 0 Å². The molecule has 0 bridgehead atoms. The molecular formula is C90H74BN3O. The van der Waals surface area contributed by atoms with Gasteiger partial charge in [-0.25, -0.2) is 0 Å². The van der Waals surface area contributed by atoms with Gasteiger partial charge in [-0.3, -0.25) is 0 Å². The van der Waals surface area contributed by atoms with Gasteiger partial charge in [0.25, 0.3) is 6.71 Å². The average Bonchev–Trinajstić information content (AvgIpc) is 1.56. The fourth-order valence-electron chi connectivity index (χ4n) is 14.2. The zero-order chi connectivity index (χ0) is 80.3. The number of hydrogen-bond acceptors (Lipinski definition) is 3. The highest BCUT2D eigenvalue weighted by atomic mass is 16.3. The molecular weight excluding hydrogens is 1150 g/mol. The van der Waals surface area contributed by atoms with Crippen molar-refractivity contribution >= 4 is 101 Å². The molecule has 0 radical (unpaired) electrons. The number of rotatable bonds is 8. The standard InChI is InChI=1S/C90H74BN3O/c1-88(2,3)65-48-63(49-66(54-65)89(4,5)6)62-45-47-74-80(51-62)93(79-43-27-39-71-70-38-26-42-78(86(70)95-87(71)79)92-76-40-24-22-36-68(76)69-37-23-25-41-77(69)92)82-52-64(58-30-16-11-17-31-58)53-83-84(82)91(74)75-46-44-61(57-28-14-10-15-29-57)50-81(75)94(83)85-72(59-32-18-12-19-33-59)55-67(90(7,8)9)56-73(85)60-34-20-13-21-35-60/h10-56H,1-9H3/i10D,11D,14D,15D,16D,17D,22D,23D,24D,25D,28D,29D,30D,31D,36D,37D,40D,41D. The zero-order valence-corrected chi connectivity index (χ0v) is 54.1. The number of anilines is 6. The van der Waals surface area contributed by atoms with E-state index in [-0.39, 0.29) is 60.6 Å². The first-order valence-electron chi connectivity index (χ1n) is 41.1. The number of benzene rings is 13. The molecule has 0 spiro atoms. The summed E-state index contributed by atoms with van der Waals surface area (Å²) >= 11 is 0. The smallest absolute Gasteiger partial charge is 0.252 e. The summed E-state index contributed by atoms with van der Waals surface area (Å²) in [6.07, 6.45) is 0. The number of furan rings is 1. The summed E-state index contributed by atoms with van der Waals surface area (Å²) in [4.78, 5) is 4.25. The number of fused-ring (bicyclic) bond motifs is 10. The van der Waals surface area contributed by atoms with Gasteiger partial charge in [-0.15, -0.1) is 0 Å². The normalized spacial score (nSPS) is 15.7. The molecule has 0 N–H and O–H groups in total. The fourth-order valence-corrected chi connectivity index (χ4v) is 14.2. The third-order valence-corrected chi connectivity index (χ3v) is 19.0. The maximum Gasteiger partial charge on any atom is 0.252 e. The molecule has 95 heavy (non-hydrogen) atoms. The Labute approximate surface area is 583 Å². The Balaban J connectivity index is 1.07. The molecule has 4 heterocycles. The van der Waals surface area contributed by atoms with Gasteiger partial charge in [0.05, 0.1) is 52.8 Å². The topological polar surface area (TPSA) is 24.6 Å². The Morgan fingerprint density at radius 2 is 0.737 bits per heavy atom. The first kappa shape index (κ1) is 41.7. The zero-order valence-electron chi connectivity index (χ0n) is 72.1. The number of hydrogen-bond donors (Lipinski definition) is 0. The molecule has 0 aliphatic carbocycles. The number of nitrogens with zero attached hydrogens (tertiary/aromatic N) is 3. The van der Waals surface area contributed by atoms with Crippen molar-refractivity contribution < 1.29 is 29.1 Å². The van der Waals surface area contributed by atoms with Crippen LogP contribution in [-0.4, -0.2) is 11.3 Å². The van der Waals surface area contributed by atoms with Crippen molar-refractivity contribution in [3.05, 3.63) is 301 Å². The minimum Gasteiger partial charge on any atom is -0.452 e. The lowest BCUT2D eigenvalue weighted by molar-refractivity contribution is 0.569. The summed E-state index contributed by atoms with van der Waals surface area (Å²) in [7, 11) is 0. The summed E-state index contributed by atoms with van der Waals surface area (Å²) in [5.74, 6) is 0. The van der Waals surface area contributed by atoms with E-state index in [0.717, 1.165) is 61.0 Å². The Morgan fingerprint density at radius 3 is 1.26 bits per heavy atom. The number of aromatic nitrogens is 1. The molecule has 4 nitrogen and oxygen atoms in total. The highest BCUT2D eigenvalue weighted by molar-refractivity contribution is 7.00. The molecule has 0 amide bonds. The van der Waals surface area contributed by atoms with Crippen LogP contribution in [0.15, 0.2) is 289 Å². The third-order valence-electron chi connectivity index (χ3n) is 19.0. The van der Waals surface area contributed by atoms with Crippen molar-refractivity contribution in [2.45, 2.75) is 78.6 Å². The van der Waals surface area contributed by atoms with Crippen LogP contribution in [0.5, 0.6) is 0 Å². The van der Waals surface area contributed by atoms with Crippen LogP contribution in [0.1, 0.15) is 104 Å². The lowest BCUT2D eigenvalue weighted by Gasteiger charge is -2.45. The summed E-state index contributed by atoms with van der Waals surface area (Å²) in [5, 5.41) is 0.884. The molecule has 5 heteroatoms. The average molecular weight is 1240 g/mol.